The van der Waals surface area contributed by atoms with Gasteiger partial charge < -0.3 is 4.74 Å². The minimum atomic E-state index is -0.439. The van der Waals surface area contributed by atoms with Crippen LogP contribution in [-0.2, 0) is 0 Å². The topological polar surface area (TPSA) is 26.3 Å². The van der Waals surface area contributed by atoms with Crippen LogP contribution in [0, 0.1) is 11.7 Å². The summed E-state index contributed by atoms with van der Waals surface area (Å²) in [6.07, 6.45) is 2.41. The second kappa shape index (κ2) is 6.38. The maximum absolute atomic E-state index is 13.2. The lowest BCUT2D eigenvalue weighted by molar-refractivity contribution is 0.0978. The predicted molar refractivity (Wildman–Crippen MR) is 66.0 cm³/mol. The number of hydrogen-bond donors (Lipinski definition) is 0. The molecule has 1 aromatic carbocycles. The Hall–Kier alpha value is -1.38. The van der Waals surface area contributed by atoms with Gasteiger partial charge in [0, 0.05) is 12.0 Å². The van der Waals surface area contributed by atoms with Crippen LogP contribution < -0.4 is 4.74 Å². The molecule has 94 valence electrons. The van der Waals surface area contributed by atoms with Crippen LogP contribution in [0.2, 0.25) is 0 Å². The van der Waals surface area contributed by atoms with E-state index in [1.165, 1.54) is 25.3 Å². The molecule has 2 nitrogen and oxygen atoms in total. The number of carbonyl (C=O) groups is 1. The normalized spacial score (nSPS) is 10.6. The largest absolute Gasteiger partial charge is 0.494 e. The van der Waals surface area contributed by atoms with E-state index in [0.717, 1.165) is 12.8 Å². The number of halogens is 1. The van der Waals surface area contributed by atoms with Crippen molar-refractivity contribution in [3.05, 3.63) is 29.6 Å². The molecule has 0 amide bonds. The molecular formula is C14H19FO2. The van der Waals surface area contributed by atoms with Gasteiger partial charge in [0.1, 0.15) is 0 Å². The van der Waals surface area contributed by atoms with E-state index in [1.807, 2.05) is 0 Å². The Kier molecular flexibility index (Phi) is 5.13. The molecule has 0 aliphatic carbocycles. The molecule has 0 aliphatic rings. The van der Waals surface area contributed by atoms with Gasteiger partial charge in [-0.3, -0.25) is 4.79 Å². The molecular weight excluding hydrogens is 219 g/mol. The molecule has 0 aromatic heterocycles. The van der Waals surface area contributed by atoms with E-state index in [-0.39, 0.29) is 11.5 Å². The summed E-state index contributed by atoms with van der Waals surface area (Å²) in [4.78, 5) is 11.8. The zero-order valence-corrected chi connectivity index (χ0v) is 10.6. The van der Waals surface area contributed by atoms with Gasteiger partial charge >= 0.3 is 0 Å². The molecule has 0 radical (unpaired) electrons. The minimum absolute atomic E-state index is 0.0453. The van der Waals surface area contributed by atoms with Crippen LogP contribution in [0.4, 0.5) is 4.39 Å². The van der Waals surface area contributed by atoms with E-state index in [0.29, 0.717) is 17.9 Å². The van der Waals surface area contributed by atoms with Crippen molar-refractivity contribution in [2.45, 2.75) is 33.1 Å². The molecule has 0 spiro atoms. The number of Topliss-reactive ketones (excluding diaryl/α,β-unsaturated/α-hetero) is 1. The van der Waals surface area contributed by atoms with Gasteiger partial charge in [0.25, 0.3) is 0 Å². The second-order valence-electron chi connectivity index (χ2n) is 4.56. The van der Waals surface area contributed by atoms with Gasteiger partial charge in [-0.2, -0.15) is 0 Å². The second-order valence-corrected chi connectivity index (χ2v) is 4.56. The van der Waals surface area contributed by atoms with E-state index in [9.17, 15) is 9.18 Å². The number of ether oxygens (including phenoxy) is 1. The van der Waals surface area contributed by atoms with Crippen molar-refractivity contribution in [3.8, 4) is 5.75 Å². The lowest BCUT2D eigenvalue weighted by atomic mass is 10.0. The lowest BCUT2D eigenvalue weighted by Gasteiger charge is -2.06. The highest BCUT2D eigenvalue weighted by atomic mass is 19.1. The standard InChI is InChI=1S/C14H19FO2/c1-10(2)5-4-6-13(16)11-7-8-12(15)14(9-11)17-3/h7-10H,4-6H2,1-3H3. The molecule has 0 unspecified atom stereocenters. The summed E-state index contributed by atoms with van der Waals surface area (Å²) in [6, 6.07) is 4.25. The molecule has 0 aliphatic heterocycles. The van der Waals surface area contributed by atoms with Crippen molar-refractivity contribution in [1.29, 1.82) is 0 Å². The summed E-state index contributed by atoms with van der Waals surface area (Å²) in [7, 11) is 1.39. The van der Waals surface area contributed by atoms with E-state index in [2.05, 4.69) is 13.8 Å². The number of ketones is 1. The van der Waals surface area contributed by atoms with Crippen LogP contribution in [0.1, 0.15) is 43.5 Å². The predicted octanol–water partition coefficient (Wildman–Crippen LogP) is 3.84. The first kappa shape index (κ1) is 13.7. The van der Waals surface area contributed by atoms with Gasteiger partial charge in [-0.25, -0.2) is 4.39 Å². The van der Waals surface area contributed by atoms with E-state index in [4.69, 9.17) is 4.74 Å². The van der Waals surface area contributed by atoms with Crippen LogP contribution in [0.25, 0.3) is 0 Å². The third-order valence-corrected chi connectivity index (χ3v) is 2.66. The molecule has 0 bridgehead atoms. The van der Waals surface area contributed by atoms with Gasteiger partial charge in [-0.15, -0.1) is 0 Å². The van der Waals surface area contributed by atoms with Gasteiger partial charge in [-0.05, 0) is 30.5 Å². The maximum Gasteiger partial charge on any atom is 0.165 e. The first-order valence-electron chi connectivity index (χ1n) is 5.91. The monoisotopic (exact) mass is 238 g/mol. The average molecular weight is 238 g/mol. The molecule has 0 atom stereocenters. The van der Waals surface area contributed by atoms with Gasteiger partial charge in [0.05, 0.1) is 7.11 Å². The van der Waals surface area contributed by atoms with Gasteiger partial charge in [0.15, 0.2) is 17.3 Å². The van der Waals surface area contributed by atoms with Gasteiger partial charge in [-0.1, -0.05) is 20.3 Å². The van der Waals surface area contributed by atoms with Crippen LogP contribution in [0.15, 0.2) is 18.2 Å². The maximum atomic E-state index is 13.2. The van der Waals surface area contributed by atoms with Crippen molar-refractivity contribution in [1.82, 2.24) is 0 Å². The fraction of sp³-hybridized carbons (Fsp3) is 0.500. The number of methoxy groups -OCH3 is 1. The Morgan fingerprint density at radius 2 is 2.12 bits per heavy atom. The van der Waals surface area contributed by atoms with Crippen LogP contribution in [-0.4, -0.2) is 12.9 Å². The number of rotatable bonds is 6. The van der Waals surface area contributed by atoms with Crippen LogP contribution in [0.5, 0.6) is 5.75 Å². The molecule has 0 saturated carbocycles. The van der Waals surface area contributed by atoms with Crippen molar-refractivity contribution >= 4 is 5.78 Å². The highest BCUT2D eigenvalue weighted by molar-refractivity contribution is 5.96. The Balaban J connectivity index is 2.63. The zero-order chi connectivity index (χ0) is 12.8. The summed E-state index contributed by atoms with van der Waals surface area (Å²) in [6.45, 7) is 4.26. The first-order chi connectivity index (χ1) is 8.04. The highest BCUT2D eigenvalue weighted by Gasteiger charge is 2.10. The third kappa shape index (κ3) is 4.17. The number of hydrogen-bond acceptors (Lipinski definition) is 2. The van der Waals surface area contributed by atoms with Crippen molar-refractivity contribution in [2.24, 2.45) is 5.92 Å². The fourth-order valence-electron chi connectivity index (χ4n) is 1.65. The lowest BCUT2D eigenvalue weighted by Crippen LogP contribution is -2.01. The number of carbonyl (C=O) groups excluding carboxylic acids is 1. The Labute approximate surface area is 102 Å². The molecule has 0 N–H and O–H groups in total. The molecule has 0 saturated heterocycles. The van der Waals surface area contributed by atoms with Crippen molar-refractivity contribution < 1.29 is 13.9 Å². The minimum Gasteiger partial charge on any atom is -0.494 e. The summed E-state index contributed by atoms with van der Waals surface area (Å²) in [5, 5.41) is 0. The van der Waals surface area contributed by atoms with Gasteiger partial charge in [0.2, 0.25) is 0 Å². The Morgan fingerprint density at radius 3 is 2.71 bits per heavy atom. The van der Waals surface area contributed by atoms with Crippen LogP contribution >= 0.6 is 0 Å². The molecule has 3 heteroatoms. The quantitative estimate of drug-likeness (QED) is 0.704. The SMILES string of the molecule is COc1cc(C(=O)CCCC(C)C)ccc1F. The summed E-state index contributed by atoms with van der Waals surface area (Å²) in [5.41, 5.74) is 0.520. The smallest absolute Gasteiger partial charge is 0.165 e. The van der Waals surface area contributed by atoms with Crippen molar-refractivity contribution in [3.63, 3.8) is 0 Å². The summed E-state index contributed by atoms with van der Waals surface area (Å²) in [5.74, 6) is 0.334. The molecule has 1 aromatic rings. The van der Waals surface area contributed by atoms with Crippen molar-refractivity contribution in [2.75, 3.05) is 7.11 Å². The molecule has 1 rings (SSSR count). The van der Waals surface area contributed by atoms with E-state index in [1.54, 1.807) is 0 Å². The Morgan fingerprint density at radius 1 is 1.41 bits per heavy atom. The van der Waals surface area contributed by atoms with E-state index >= 15 is 0 Å². The molecule has 0 heterocycles. The van der Waals surface area contributed by atoms with E-state index < -0.39 is 5.82 Å². The summed E-state index contributed by atoms with van der Waals surface area (Å²) < 4.78 is 18.0. The first-order valence-corrected chi connectivity index (χ1v) is 5.91. The summed E-state index contributed by atoms with van der Waals surface area (Å²) >= 11 is 0. The highest BCUT2D eigenvalue weighted by Crippen LogP contribution is 2.20. The third-order valence-electron chi connectivity index (χ3n) is 2.66. The molecule has 0 fully saturated rings. The molecule has 17 heavy (non-hydrogen) atoms. The fourth-order valence-corrected chi connectivity index (χ4v) is 1.65. The number of benzene rings is 1. The zero-order valence-electron chi connectivity index (χ0n) is 10.6. The Bertz CT molecular complexity index is 386. The van der Waals surface area contributed by atoms with Crippen LogP contribution in [0.3, 0.4) is 0 Å². The average Bonchev–Trinajstić information content (AvgIpc) is 2.29.